The minimum Gasteiger partial charge on any atom is -0.505 e. The van der Waals surface area contributed by atoms with E-state index < -0.39 is 0 Å². The number of aromatic nitrogens is 1. The van der Waals surface area contributed by atoms with E-state index in [-0.39, 0.29) is 38.6 Å². The Morgan fingerprint density at radius 1 is 0.476 bits per heavy atom. The van der Waals surface area contributed by atoms with E-state index in [4.69, 9.17) is 4.74 Å². The monoisotopic (exact) mass is 844 g/mol. The number of phenolic OH excluding ortho intramolecular Hbond substituents is 1. The van der Waals surface area contributed by atoms with Crippen LogP contribution in [0.15, 0.2) is 97.1 Å². The molecule has 0 aliphatic carbocycles. The van der Waals surface area contributed by atoms with Crippen LogP contribution in [0, 0.1) is 12.7 Å². The number of fused-ring (bicyclic) bond motifs is 3. The minimum absolute atomic E-state index is 0.0479. The summed E-state index contributed by atoms with van der Waals surface area (Å²) in [5.41, 5.74) is 14.5. The van der Waals surface area contributed by atoms with Gasteiger partial charge in [-0.25, -0.2) is 4.39 Å². The number of aryl methyl sites for hydroxylation is 1. The first-order chi connectivity index (χ1) is 29.1. The Hall–Kier alpha value is -5.35. The van der Waals surface area contributed by atoms with Crippen molar-refractivity contribution in [1.29, 1.82) is 0 Å². The van der Waals surface area contributed by atoms with Crippen LogP contribution in [0.2, 0.25) is 0 Å². The summed E-state index contributed by atoms with van der Waals surface area (Å²) in [4.78, 5) is 0. The van der Waals surface area contributed by atoms with Crippen molar-refractivity contribution in [3.8, 4) is 50.6 Å². The smallest absolute Gasteiger partial charge is 0.147 e. The molecule has 0 unspecified atom stereocenters. The van der Waals surface area contributed by atoms with E-state index >= 15 is 4.39 Å². The average molecular weight is 844 g/mol. The van der Waals surface area contributed by atoms with E-state index in [1.807, 2.05) is 19.9 Å². The molecule has 7 rings (SSSR count). The van der Waals surface area contributed by atoms with Crippen molar-refractivity contribution >= 4 is 21.8 Å². The number of hydrogen-bond donors (Lipinski definition) is 1. The number of rotatable bonds is 6. The topological polar surface area (TPSA) is 34.4 Å². The number of aromatic hydroxyl groups is 1. The van der Waals surface area contributed by atoms with E-state index in [0.29, 0.717) is 34.7 Å². The average Bonchev–Trinajstić information content (AvgIpc) is 3.49. The second kappa shape index (κ2) is 15.7. The number of halogens is 1. The predicted octanol–water partition coefficient (Wildman–Crippen LogP) is 16.8. The van der Waals surface area contributed by atoms with Gasteiger partial charge in [0, 0.05) is 21.9 Å². The number of hydrogen-bond acceptors (Lipinski definition) is 2. The Morgan fingerprint density at radius 3 is 1.25 bits per heavy atom. The lowest BCUT2D eigenvalue weighted by Gasteiger charge is -2.26. The summed E-state index contributed by atoms with van der Waals surface area (Å²) >= 11 is 0. The van der Waals surface area contributed by atoms with E-state index in [9.17, 15) is 5.11 Å². The molecule has 63 heavy (non-hydrogen) atoms. The first-order valence-electron chi connectivity index (χ1n) is 22.8. The molecule has 0 saturated carbocycles. The molecule has 0 fully saturated rings. The highest BCUT2D eigenvalue weighted by molar-refractivity contribution is 6.11. The number of nitrogens with zero attached hydrogens (tertiary/aromatic N) is 1. The molecule has 1 heterocycles. The Kier molecular flexibility index (Phi) is 11.4. The lowest BCUT2D eigenvalue weighted by molar-refractivity contribution is 0.338. The van der Waals surface area contributed by atoms with Crippen molar-refractivity contribution < 1.29 is 14.2 Å². The van der Waals surface area contributed by atoms with Crippen LogP contribution in [0.25, 0.3) is 60.9 Å². The third kappa shape index (κ3) is 8.93. The summed E-state index contributed by atoms with van der Waals surface area (Å²) in [6.45, 7) is 38.1. The second-order valence-corrected chi connectivity index (χ2v) is 23.1. The van der Waals surface area contributed by atoms with E-state index in [2.05, 4.69) is 187 Å². The molecule has 7 aromatic rings. The van der Waals surface area contributed by atoms with Crippen LogP contribution in [0.3, 0.4) is 0 Å². The summed E-state index contributed by atoms with van der Waals surface area (Å²) in [5, 5.41) is 15.0. The van der Waals surface area contributed by atoms with Gasteiger partial charge in [-0.2, -0.15) is 0 Å². The third-order valence-electron chi connectivity index (χ3n) is 12.8. The summed E-state index contributed by atoms with van der Waals surface area (Å²) in [5.74, 6) is 0.260. The van der Waals surface area contributed by atoms with Crippen LogP contribution in [0.1, 0.15) is 144 Å². The zero-order valence-corrected chi connectivity index (χ0v) is 41.1. The lowest BCUT2D eigenvalue weighted by Crippen LogP contribution is -2.16. The van der Waals surface area contributed by atoms with Crippen molar-refractivity contribution in [3.63, 3.8) is 0 Å². The highest BCUT2D eigenvalue weighted by atomic mass is 19.1. The highest BCUT2D eigenvalue weighted by Crippen LogP contribution is 2.47. The van der Waals surface area contributed by atoms with E-state index in [1.54, 1.807) is 0 Å². The first-order valence-corrected chi connectivity index (χ1v) is 22.8. The quantitative estimate of drug-likeness (QED) is 0.181. The zero-order valence-electron chi connectivity index (χ0n) is 41.1. The van der Waals surface area contributed by atoms with Crippen LogP contribution in [0.5, 0.6) is 11.5 Å². The molecule has 0 atom stereocenters. The van der Waals surface area contributed by atoms with Gasteiger partial charge in [-0.05, 0) is 133 Å². The van der Waals surface area contributed by atoms with Gasteiger partial charge in [-0.1, -0.05) is 165 Å². The van der Waals surface area contributed by atoms with Gasteiger partial charge in [0.2, 0.25) is 0 Å². The van der Waals surface area contributed by atoms with Crippen LogP contribution in [0.4, 0.5) is 4.39 Å². The fraction of sp³-hybridized carbons (Fsp3) is 0.390. The molecule has 0 aliphatic heterocycles. The molecule has 0 amide bonds. The van der Waals surface area contributed by atoms with Crippen molar-refractivity contribution in [1.82, 2.24) is 4.57 Å². The van der Waals surface area contributed by atoms with Gasteiger partial charge in [0.05, 0.1) is 23.3 Å². The molecular formula is C59H70FNO2. The number of phenols is 1. The Labute approximate surface area is 377 Å². The maximum atomic E-state index is 15.5. The molecule has 0 aliphatic rings. The van der Waals surface area contributed by atoms with Crippen molar-refractivity contribution in [2.45, 2.75) is 145 Å². The van der Waals surface area contributed by atoms with E-state index in [0.717, 1.165) is 49.6 Å². The van der Waals surface area contributed by atoms with Crippen LogP contribution in [-0.2, 0) is 27.1 Å². The van der Waals surface area contributed by atoms with Crippen LogP contribution in [-0.4, -0.2) is 16.3 Å². The summed E-state index contributed by atoms with van der Waals surface area (Å²) < 4.78 is 23.9. The standard InChI is InChI=1S/C59H70FNO2/c1-18-63-54-35(2)23-45(60)34-49(54)48-32-44(59(15,16)17)33-52(53(48)62)61-50-28-36(38-24-40(55(3,4)5)30-41(25-38)56(6,7)8)19-21-46(50)47-22-20-37(29-51(47)61)39-26-42(57(9,10)11)31-43(27-39)58(12,13)14/h19-34,62H,18H2,1-17H3. The normalized spacial score (nSPS) is 13.0. The predicted molar refractivity (Wildman–Crippen MR) is 268 cm³/mol. The summed E-state index contributed by atoms with van der Waals surface area (Å²) in [7, 11) is 0. The highest BCUT2D eigenvalue weighted by Gasteiger charge is 2.28. The third-order valence-corrected chi connectivity index (χ3v) is 12.8. The van der Waals surface area contributed by atoms with Crippen molar-refractivity contribution in [2.75, 3.05) is 6.61 Å². The maximum absolute atomic E-state index is 15.5. The van der Waals surface area contributed by atoms with Gasteiger partial charge >= 0.3 is 0 Å². The molecule has 4 heteroatoms. The molecule has 1 aromatic heterocycles. The summed E-state index contributed by atoms with van der Waals surface area (Å²) in [6, 6.07) is 34.8. The number of benzene rings is 6. The van der Waals surface area contributed by atoms with Gasteiger partial charge in [0.25, 0.3) is 0 Å². The fourth-order valence-corrected chi connectivity index (χ4v) is 8.65. The number of ether oxygens (including phenoxy) is 1. The van der Waals surface area contributed by atoms with Gasteiger partial charge < -0.3 is 14.4 Å². The Bertz CT molecular complexity index is 2690. The van der Waals surface area contributed by atoms with Gasteiger partial charge in [0.1, 0.15) is 17.3 Å². The molecule has 6 aromatic carbocycles. The minimum atomic E-state index is -0.376. The largest absolute Gasteiger partial charge is 0.505 e. The van der Waals surface area contributed by atoms with E-state index in [1.165, 1.54) is 34.4 Å². The Balaban J connectivity index is 1.63. The van der Waals surface area contributed by atoms with Gasteiger partial charge in [0.15, 0.2) is 0 Å². The zero-order chi connectivity index (χ0) is 46.4. The van der Waals surface area contributed by atoms with Crippen molar-refractivity contribution in [2.24, 2.45) is 0 Å². The molecule has 0 radical (unpaired) electrons. The molecule has 330 valence electrons. The van der Waals surface area contributed by atoms with Crippen LogP contribution < -0.4 is 4.74 Å². The lowest BCUT2D eigenvalue weighted by atomic mass is 9.79. The van der Waals surface area contributed by atoms with Gasteiger partial charge in [-0.3, -0.25) is 0 Å². The molecule has 0 saturated heterocycles. The molecule has 0 spiro atoms. The van der Waals surface area contributed by atoms with Crippen molar-refractivity contribution in [3.05, 3.63) is 136 Å². The molecular weight excluding hydrogens is 774 g/mol. The maximum Gasteiger partial charge on any atom is 0.147 e. The second-order valence-electron chi connectivity index (χ2n) is 23.1. The molecule has 3 nitrogen and oxygen atoms in total. The van der Waals surface area contributed by atoms with Crippen LogP contribution >= 0.6 is 0 Å². The SMILES string of the molecule is CCOc1c(C)cc(F)cc1-c1cc(C(C)(C)C)cc(-n2c3cc(-c4cc(C(C)(C)C)cc(C(C)(C)C)c4)ccc3c3ccc(-c4cc(C(C)(C)C)cc(C(C)(C)C)c4)cc32)c1O. The fourth-order valence-electron chi connectivity index (χ4n) is 8.65. The van der Waals surface area contributed by atoms with Gasteiger partial charge in [-0.15, -0.1) is 0 Å². The first kappa shape index (κ1) is 45.7. The molecule has 1 N–H and O–H groups in total. The Morgan fingerprint density at radius 2 is 0.873 bits per heavy atom. The summed E-state index contributed by atoms with van der Waals surface area (Å²) in [6.07, 6.45) is 0. The molecule has 0 bridgehead atoms.